The van der Waals surface area contributed by atoms with Gasteiger partial charge in [-0.25, -0.2) is 9.97 Å². The van der Waals surface area contributed by atoms with Crippen molar-refractivity contribution < 1.29 is 9.59 Å². The molecule has 0 saturated heterocycles. The van der Waals surface area contributed by atoms with Gasteiger partial charge in [0, 0.05) is 17.1 Å². The van der Waals surface area contributed by atoms with Crippen LogP contribution in [0.1, 0.15) is 21.0 Å². The largest absolute Gasteiger partial charge is 0.364 e. The van der Waals surface area contributed by atoms with Gasteiger partial charge in [-0.2, -0.15) is 0 Å². The molecule has 0 radical (unpaired) electrons. The number of para-hydroxylation sites is 1. The predicted molar refractivity (Wildman–Crippen MR) is 117 cm³/mol. The number of carbonyl (C=O) groups excluding carboxylic acids is 2. The fourth-order valence-corrected chi connectivity index (χ4v) is 3.47. The number of anilines is 1. The zero-order valence-electron chi connectivity index (χ0n) is 16.2. The fraction of sp³-hybridized carbons (Fsp3) is 0. The first-order valence-corrected chi connectivity index (χ1v) is 9.50. The maximum atomic E-state index is 13.3. The Morgan fingerprint density at radius 3 is 2.55 bits per heavy atom. The van der Waals surface area contributed by atoms with E-state index in [-0.39, 0.29) is 17.0 Å². The molecule has 0 aliphatic heterocycles. The summed E-state index contributed by atoms with van der Waals surface area (Å²) >= 11 is 0. The van der Waals surface area contributed by atoms with Gasteiger partial charge >= 0.3 is 0 Å². The number of imidazole rings is 1. The van der Waals surface area contributed by atoms with Gasteiger partial charge in [0.1, 0.15) is 12.0 Å². The van der Waals surface area contributed by atoms with Crippen molar-refractivity contribution in [3.05, 3.63) is 90.6 Å². The molecule has 5 aromatic rings. The van der Waals surface area contributed by atoms with Crippen molar-refractivity contribution in [1.82, 2.24) is 19.4 Å². The number of hydrogen-bond acceptors (Lipinski definition) is 5. The van der Waals surface area contributed by atoms with E-state index in [9.17, 15) is 9.59 Å². The average Bonchev–Trinajstić information content (AvgIpc) is 3.23. The first kappa shape index (κ1) is 18.4. The van der Waals surface area contributed by atoms with Crippen molar-refractivity contribution in [2.75, 3.05) is 5.32 Å². The van der Waals surface area contributed by atoms with E-state index in [4.69, 9.17) is 5.73 Å². The van der Waals surface area contributed by atoms with Crippen molar-refractivity contribution in [2.45, 2.75) is 0 Å². The van der Waals surface area contributed by atoms with E-state index in [1.54, 1.807) is 18.3 Å². The SMILES string of the molecule is NC(=O)c1ncn2c(C(=O)Nc3cccc4cccnc34)cc(-c3ccccc3)nc12. The molecule has 31 heavy (non-hydrogen) atoms. The van der Waals surface area contributed by atoms with Crippen molar-refractivity contribution in [3.63, 3.8) is 0 Å². The highest BCUT2D eigenvalue weighted by atomic mass is 16.2. The van der Waals surface area contributed by atoms with Crippen molar-refractivity contribution in [1.29, 1.82) is 0 Å². The lowest BCUT2D eigenvalue weighted by Gasteiger charge is -2.11. The first-order chi connectivity index (χ1) is 15.1. The first-order valence-electron chi connectivity index (χ1n) is 9.50. The van der Waals surface area contributed by atoms with Gasteiger partial charge in [-0.05, 0) is 18.2 Å². The van der Waals surface area contributed by atoms with Crippen LogP contribution in [-0.2, 0) is 0 Å². The Bertz CT molecular complexity index is 1450. The molecule has 2 aromatic carbocycles. The summed E-state index contributed by atoms with van der Waals surface area (Å²) in [6, 6.07) is 20.3. The standard InChI is InChI=1S/C23H16N6O2/c24-21(30)20-22-27-17(14-6-2-1-3-7-14)12-18(29(22)13-26-20)23(31)28-16-10-4-8-15-9-5-11-25-19(15)16/h1-13H,(H2,24,30)(H,28,31). The number of carbonyl (C=O) groups is 2. The second kappa shape index (κ2) is 7.34. The average molecular weight is 408 g/mol. The number of fused-ring (bicyclic) bond motifs is 2. The van der Waals surface area contributed by atoms with Gasteiger partial charge in [0.25, 0.3) is 11.8 Å². The van der Waals surface area contributed by atoms with E-state index in [0.29, 0.717) is 16.9 Å². The van der Waals surface area contributed by atoms with E-state index in [2.05, 4.69) is 20.3 Å². The van der Waals surface area contributed by atoms with Crippen LogP contribution >= 0.6 is 0 Å². The van der Waals surface area contributed by atoms with Gasteiger partial charge in [-0.3, -0.25) is 19.0 Å². The molecule has 0 aliphatic carbocycles. The van der Waals surface area contributed by atoms with Crippen LogP contribution in [0, 0.1) is 0 Å². The van der Waals surface area contributed by atoms with Crippen molar-refractivity contribution in [3.8, 4) is 11.3 Å². The summed E-state index contributed by atoms with van der Waals surface area (Å²) in [4.78, 5) is 38.1. The molecule has 3 aromatic heterocycles. The van der Waals surface area contributed by atoms with Crippen LogP contribution in [0.5, 0.6) is 0 Å². The number of nitrogens with one attached hydrogen (secondary N) is 1. The van der Waals surface area contributed by atoms with Gasteiger partial charge in [0.05, 0.1) is 16.9 Å². The summed E-state index contributed by atoms with van der Waals surface area (Å²) in [5.41, 5.74) is 8.51. The Balaban J connectivity index is 1.66. The quantitative estimate of drug-likeness (QED) is 0.473. The van der Waals surface area contributed by atoms with E-state index in [1.807, 2.05) is 54.6 Å². The Morgan fingerprint density at radius 2 is 1.74 bits per heavy atom. The molecule has 8 nitrogen and oxygen atoms in total. The summed E-state index contributed by atoms with van der Waals surface area (Å²) < 4.78 is 1.46. The molecule has 0 fully saturated rings. The molecule has 150 valence electrons. The third kappa shape index (κ3) is 3.25. The van der Waals surface area contributed by atoms with Gasteiger partial charge < -0.3 is 11.1 Å². The summed E-state index contributed by atoms with van der Waals surface area (Å²) in [7, 11) is 0. The number of nitrogens with two attached hydrogens (primary N) is 1. The molecule has 8 heteroatoms. The highest BCUT2D eigenvalue weighted by Gasteiger charge is 2.20. The molecule has 2 amide bonds. The molecular formula is C23H16N6O2. The third-order valence-electron chi connectivity index (χ3n) is 4.92. The second-order valence-electron chi connectivity index (χ2n) is 6.88. The zero-order valence-corrected chi connectivity index (χ0v) is 16.2. The zero-order chi connectivity index (χ0) is 21.4. The van der Waals surface area contributed by atoms with Crippen molar-refractivity contribution >= 4 is 34.1 Å². The molecule has 5 rings (SSSR count). The van der Waals surface area contributed by atoms with Gasteiger partial charge in [0.2, 0.25) is 0 Å². The minimum atomic E-state index is -0.718. The Morgan fingerprint density at radius 1 is 0.935 bits per heavy atom. The highest BCUT2D eigenvalue weighted by Crippen LogP contribution is 2.24. The Kier molecular flexibility index (Phi) is 4.37. The van der Waals surface area contributed by atoms with E-state index in [1.165, 1.54) is 10.7 Å². The smallest absolute Gasteiger partial charge is 0.272 e. The predicted octanol–water partition coefficient (Wildman–Crippen LogP) is 3.30. The summed E-state index contributed by atoms with van der Waals surface area (Å²) in [6.07, 6.45) is 3.04. The molecule has 3 N–H and O–H groups in total. The lowest BCUT2D eigenvalue weighted by atomic mass is 10.1. The molecule has 0 atom stereocenters. The van der Waals surface area contributed by atoms with E-state index >= 15 is 0 Å². The topological polar surface area (TPSA) is 115 Å². The molecule has 3 heterocycles. The Labute approximate surface area is 176 Å². The van der Waals surface area contributed by atoms with Crippen LogP contribution in [0.25, 0.3) is 27.8 Å². The maximum Gasteiger partial charge on any atom is 0.272 e. The number of pyridine rings is 1. The van der Waals surface area contributed by atoms with Gasteiger partial charge in [-0.15, -0.1) is 0 Å². The van der Waals surface area contributed by atoms with E-state index in [0.717, 1.165) is 10.9 Å². The molecule has 0 spiro atoms. The number of benzene rings is 2. The number of nitrogens with zero attached hydrogens (tertiary/aromatic N) is 4. The number of rotatable bonds is 4. The van der Waals surface area contributed by atoms with Crippen LogP contribution in [-0.4, -0.2) is 31.2 Å². The van der Waals surface area contributed by atoms with Crippen LogP contribution < -0.4 is 11.1 Å². The van der Waals surface area contributed by atoms with Crippen LogP contribution in [0.15, 0.2) is 79.3 Å². The lowest BCUT2D eigenvalue weighted by Crippen LogP contribution is -2.18. The van der Waals surface area contributed by atoms with Crippen LogP contribution in [0.4, 0.5) is 5.69 Å². The number of amides is 2. The summed E-state index contributed by atoms with van der Waals surface area (Å²) in [5, 5.41) is 3.82. The molecular weight excluding hydrogens is 392 g/mol. The number of primary amides is 1. The highest BCUT2D eigenvalue weighted by molar-refractivity contribution is 6.08. The maximum absolute atomic E-state index is 13.3. The van der Waals surface area contributed by atoms with Crippen LogP contribution in [0.3, 0.4) is 0 Å². The minimum absolute atomic E-state index is 0.00124. The number of aromatic nitrogens is 4. The summed E-state index contributed by atoms with van der Waals surface area (Å²) in [6.45, 7) is 0. The normalized spacial score (nSPS) is 11.0. The van der Waals surface area contributed by atoms with Crippen molar-refractivity contribution in [2.24, 2.45) is 5.73 Å². The molecule has 0 saturated carbocycles. The minimum Gasteiger partial charge on any atom is -0.364 e. The van der Waals surface area contributed by atoms with Crippen LogP contribution in [0.2, 0.25) is 0 Å². The summed E-state index contributed by atoms with van der Waals surface area (Å²) in [5.74, 6) is -1.11. The molecule has 0 bridgehead atoms. The monoisotopic (exact) mass is 408 g/mol. The third-order valence-corrected chi connectivity index (χ3v) is 4.92. The second-order valence-corrected chi connectivity index (χ2v) is 6.88. The van der Waals surface area contributed by atoms with Gasteiger partial charge in [0.15, 0.2) is 11.3 Å². The lowest BCUT2D eigenvalue weighted by molar-refractivity contribution is 0.0993. The van der Waals surface area contributed by atoms with Gasteiger partial charge in [-0.1, -0.05) is 48.5 Å². The molecule has 0 unspecified atom stereocenters. The Hall–Kier alpha value is -4.59. The molecule has 0 aliphatic rings. The fourth-order valence-electron chi connectivity index (χ4n) is 3.47. The van der Waals surface area contributed by atoms with E-state index < -0.39 is 11.8 Å². The number of hydrogen-bond donors (Lipinski definition) is 2.